The second kappa shape index (κ2) is 6.81. The standard InChI is InChI=1S/C19H15N3O4S/c1-11-8-17(24)22-12(10-27-19(22)21-11)6-7-20-18(25)16-9-14(23)13-4-2-3-5-15(13)26-16/h2-5,8-10H,6-7H2,1H3,(H,20,25). The molecule has 0 aliphatic heterocycles. The summed E-state index contributed by atoms with van der Waals surface area (Å²) in [6, 6.07) is 9.44. The summed E-state index contributed by atoms with van der Waals surface area (Å²) in [6.07, 6.45) is 0.453. The minimum absolute atomic E-state index is 0.0386. The van der Waals surface area contributed by atoms with E-state index in [0.717, 1.165) is 5.69 Å². The number of rotatable bonds is 4. The molecular weight excluding hydrogens is 366 g/mol. The summed E-state index contributed by atoms with van der Waals surface area (Å²) in [5, 5.41) is 5.01. The van der Waals surface area contributed by atoms with E-state index in [9.17, 15) is 14.4 Å². The third-order valence-corrected chi connectivity index (χ3v) is 5.00. The zero-order valence-corrected chi connectivity index (χ0v) is 15.2. The summed E-state index contributed by atoms with van der Waals surface area (Å²) < 4.78 is 7.06. The molecule has 3 aromatic heterocycles. The first-order valence-corrected chi connectivity index (χ1v) is 9.19. The molecule has 136 valence electrons. The fourth-order valence-corrected chi connectivity index (χ4v) is 3.84. The van der Waals surface area contributed by atoms with E-state index in [1.807, 2.05) is 5.38 Å². The van der Waals surface area contributed by atoms with E-state index in [-0.39, 0.29) is 16.7 Å². The van der Waals surface area contributed by atoms with Crippen LogP contribution in [0.3, 0.4) is 0 Å². The Morgan fingerprint density at radius 3 is 2.93 bits per heavy atom. The normalized spacial score (nSPS) is 11.1. The van der Waals surface area contributed by atoms with Crippen LogP contribution in [0.1, 0.15) is 21.9 Å². The van der Waals surface area contributed by atoms with Gasteiger partial charge in [0.1, 0.15) is 5.58 Å². The highest BCUT2D eigenvalue weighted by atomic mass is 32.1. The maximum absolute atomic E-state index is 12.3. The van der Waals surface area contributed by atoms with Crippen molar-refractivity contribution in [1.82, 2.24) is 14.7 Å². The molecule has 0 bridgehead atoms. The van der Waals surface area contributed by atoms with Gasteiger partial charge in [-0.1, -0.05) is 12.1 Å². The second-order valence-corrected chi connectivity index (χ2v) is 6.89. The van der Waals surface area contributed by atoms with E-state index in [4.69, 9.17) is 4.42 Å². The van der Waals surface area contributed by atoms with Gasteiger partial charge in [0.15, 0.2) is 16.1 Å². The first-order valence-electron chi connectivity index (χ1n) is 8.31. The number of para-hydroxylation sites is 1. The topological polar surface area (TPSA) is 93.7 Å². The van der Waals surface area contributed by atoms with Crippen molar-refractivity contribution in [3.8, 4) is 0 Å². The molecule has 0 saturated heterocycles. The lowest BCUT2D eigenvalue weighted by Crippen LogP contribution is -2.27. The molecule has 1 amide bonds. The van der Waals surface area contributed by atoms with Gasteiger partial charge in [-0.15, -0.1) is 11.3 Å². The Bertz CT molecular complexity index is 1290. The van der Waals surface area contributed by atoms with Gasteiger partial charge >= 0.3 is 0 Å². The molecule has 27 heavy (non-hydrogen) atoms. The van der Waals surface area contributed by atoms with Crippen molar-refractivity contribution in [3.05, 3.63) is 79.5 Å². The van der Waals surface area contributed by atoms with E-state index >= 15 is 0 Å². The molecule has 0 aliphatic carbocycles. The molecule has 1 N–H and O–H groups in total. The van der Waals surface area contributed by atoms with Crippen LogP contribution in [-0.4, -0.2) is 21.8 Å². The van der Waals surface area contributed by atoms with Crippen LogP contribution in [-0.2, 0) is 6.42 Å². The first kappa shape index (κ1) is 17.2. The average molecular weight is 381 g/mol. The smallest absolute Gasteiger partial charge is 0.287 e. The monoisotopic (exact) mass is 381 g/mol. The lowest BCUT2D eigenvalue weighted by Gasteiger charge is -2.06. The number of nitrogens with one attached hydrogen (secondary N) is 1. The lowest BCUT2D eigenvalue weighted by atomic mass is 10.2. The molecule has 0 unspecified atom stereocenters. The minimum atomic E-state index is -0.473. The Balaban J connectivity index is 1.51. The van der Waals surface area contributed by atoms with Crippen LogP contribution in [0.4, 0.5) is 0 Å². The van der Waals surface area contributed by atoms with E-state index in [0.29, 0.717) is 34.6 Å². The van der Waals surface area contributed by atoms with Crippen LogP contribution >= 0.6 is 11.3 Å². The van der Waals surface area contributed by atoms with Gasteiger partial charge in [-0.05, 0) is 19.1 Å². The van der Waals surface area contributed by atoms with Crippen molar-refractivity contribution in [2.75, 3.05) is 6.54 Å². The summed E-state index contributed by atoms with van der Waals surface area (Å²) in [6.45, 7) is 2.07. The third-order valence-electron chi connectivity index (χ3n) is 4.13. The predicted molar refractivity (Wildman–Crippen MR) is 103 cm³/mol. The minimum Gasteiger partial charge on any atom is -0.451 e. The van der Waals surface area contributed by atoms with Crippen molar-refractivity contribution >= 4 is 33.2 Å². The largest absolute Gasteiger partial charge is 0.451 e. The van der Waals surface area contributed by atoms with E-state index in [2.05, 4.69) is 10.3 Å². The number of aromatic nitrogens is 2. The van der Waals surface area contributed by atoms with Gasteiger partial charge in [-0.2, -0.15) is 0 Å². The zero-order valence-electron chi connectivity index (χ0n) is 14.4. The molecule has 8 heteroatoms. The highest BCUT2D eigenvalue weighted by molar-refractivity contribution is 7.15. The molecule has 1 aromatic carbocycles. The average Bonchev–Trinajstić information content (AvgIpc) is 3.04. The number of fused-ring (bicyclic) bond motifs is 2. The SMILES string of the molecule is Cc1cc(=O)n2c(CCNC(=O)c3cc(=O)c4ccccc4o3)csc2n1. The van der Waals surface area contributed by atoms with Crippen LogP contribution in [0.15, 0.2) is 55.8 Å². The van der Waals surface area contributed by atoms with Crippen LogP contribution in [0.25, 0.3) is 15.9 Å². The predicted octanol–water partition coefficient (Wildman–Crippen LogP) is 2.14. The number of amides is 1. The van der Waals surface area contributed by atoms with Gasteiger partial charge in [-0.25, -0.2) is 4.98 Å². The quantitative estimate of drug-likeness (QED) is 0.585. The molecule has 0 spiro atoms. The third kappa shape index (κ3) is 3.26. The van der Waals surface area contributed by atoms with Crippen LogP contribution in [0, 0.1) is 6.92 Å². The van der Waals surface area contributed by atoms with E-state index in [1.54, 1.807) is 35.6 Å². The summed E-state index contributed by atoms with van der Waals surface area (Å²) >= 11 is 1.38. The molecule has 0 radical (unpaired) electrons. The maximum Gasteiger partial charge on any atom is 0.287 e. The Morgan fingerprint density at radius 1 is 1.26 bits per heavy atom. The van der Waals surface area contributed by atoms with Gasteiger partial charge in [0.25, 0.3) is 11.5 Å². The molecule has 4 rings (SSSR count). The molecule has 3 heterocycles. The number of nitrogens with zero attached hydrogens (tertiary/aromatic N) is 2. The molecule has 4 aromatic rings. The molecule has 0 aliphatic rings. The fraction of sp³-hybridized carbons (Fsp3) is 0.158. The number of hydrogen-bond donors (Lipinski definition) is 1. The fourth-order valence-electron chi connectivity index (χ4n) is 2.87. The van der Waals surface area contributed by atoms with Crippen molar-refractivity contribution in [2.45, 2.75) is 13.3 Å². The second-order valence-electron chi connectivity index (χ2n) is 6.06. The van der Waals surface area contributed by atoms with Crippen molar-refractivity contribution in [2.24, 2.45) is 0 Å². The number of benzene rings is 1. The molecule has 0 fully saturated rings. The van der Waals surface area contributed by atoms with Crippen molar-refractivity contribution in [3.63, 3.8) is 0 Å². The highest BCUT2D eigenvalue weighted by Crippen LogP contribution is 2.14. The van der Waals surface area contributed by atoms with Crippen molar-refractivity contribution < 1.29 is 9.21 Å². The van der Waals surface area contributed by atoms with Crippen LogP contribution in [0.5, 0.6) is 0 Å². The summed E-state index contributed by atoms with van der Waals surface area (Å²) in [7, 11) is 0. The van der Waals surface area contributed by atoms with Gasteiger partial charge in [0, 0.05) is 41.9 Å². The highest BCUT2D eigenvalue weighted by Gasteiger charge is 2.13. The Morgan fingerprint density at radius 2 is 2.07 bits per heavy atom. The number of carbonyl (C=O) groups is 1. The van der Waals surface area contributed by atoms with Gasteiger partial charge in [0.05, 0.1) is 5.39 Å². The first-order chi connectivity index (χ1) is 13.0. The van der Waals surface area contributed by atoms with Crippen LogP contribution in [0.2, 0.25) is 0 Å². The number of aryl methyl sites for hydroxylation is 1. The van der Waals surface area contributed by atoms with Gasteiger partial charge in [0.2, 0.25) is 0 Å². The van der Waals surface area contributed by atoms with Crippen molar-refractivity contribution in [1.29, 1.82) is 0 Å². The van der Waals surface area contributed by atoms with Crippen LogP contribution < -0.4 is 16.3 Å². The lowest BCUT2D eigenvalue weighted by molar-refractivity contribution is 0.0927. The van der Waals surface area contributed by atoms with Gasteiger partial charge < -0.3 is 9.73 Å². The number of thiazole rings is 1. The summed E-state index contributed by atoms with van der Waals surface area (Å²) in [5.74, 6) is -0.512. The Hall–Kier alpha value is -3.26. The molecule has 7 nitrogen and oxygen atoms in total. The molecular formula is C19H15N3O4S. The van der Waals surface area contributed by atoms with Gasteiger partial charge in [-0.3, -0.25) is 18.8 Å². The molecule has 0 saturated carbocycles. The Labute approximate surface area is 156 Å². The maximum atomic E-state index is 12.3. The molecule has 0 atom stereocenters. The van der Waals surface area contributed by atoms with E-state index in [1.165, 1.54) is 23.5 Å². The number of carbonyl (C=O) groups excluding carboxylic acids is 1. The van der Waals surface area contributed by atoms with E-state index < -0.39 is 5.91 Å². The zero-order chi connectivity index (χ0) is 19.0. The Kier molecular flexibility index (Phi) is 4.33. The number of hydrogen-bond acceptors (Lipinski definition) is 6. The summed E-state index contributed by atoms with van der Waals surface area (Å²) in [5.41, 5.74) is 1.41. The summed E-state index contributed by atoms with van der Waals surface area (Å²) in [4.78, 5) is 41.5.